The Morgan fingerprint density at radius 1 is 1.12 bits per heavy atom. The molecule has 3 fully saturated rings. The van der Waals surface area contributed by atoms with Crippen LogP contribution in [0.25, 0.3) is 21.8 Å². The van der Waals surface area contributed by atoms with Crippen LogP contribution in [0.15, 0.2) is 78.2 Å². The van der Waals surface area contributed by atoms with Crippen LogP contribution in [0.4, 0.5) is 9.59 Å². The second-order valence-electron chi connectivity index (χ2n) is 18.5. The van der Waals surface area contributed by atoms with Gasteiger partial charge in [-0.1, -0.05) is 56.3 Å². The summed E-state index contributed by atoms with van der Waals surface area (Å²) in [6.45, 7) is 14.7. The monoisotopic (exact) mass is 1060 g/mol. The number of phenolic OH excluding ortho intramolecular Hbond substituents is 1. The van der Waals surface area contributed by atoms with E-state index < -0.39 is 77.8 Å². The summed E-state index contributed by atoms with van der Waals surface area (Å²) in [5.74, 6) is 9.38. The lowest BCUT2D eigenvalue weighted by Gasteiger charge is -2.51. The number of amides is 2. The Hall–Kier alpha value is -5.40. The maximum Gasteiger partial charge on any atom is 0.411 e. The average molecular weight is 1060 g/mol. The number of benzene rings is 1. The molecule has 8 rings (SSSR count). The molecule has 0 saturated carbocycles. The number of methoxy groups -OCH3 is 1. The zero-order valence-corrected chi connectivity index (χ0v) is 44.0. The highest BCUT2D eigenvalue weighted by atomic mass is 33.1. The number of alkyl carbamates (subject to hydrolysis) is 1. The third-order valence-electron chi connectivity index (χ3n) is 13.7. The summed E-state index contributed by atoms with van der Waals surface area (Å²) in [5.41, 5.74) is -2.22. The summed E-state index contributed by atoms with van der Waals surface area (Å²) in [7, 11) is 2.12. The van der Waals surface area contributed by atoms with Crippen molar-refractivity contribution in [2.45, 2.75) is 121 Å². The van der Waals surface area contributed by atoms with Gasteiger partial charge >= 0.3 is 12.2 Å². The van der Waals surface area contributed by atoms with Crippen LogP contribution in [0.5, 0.6) is 5.75 Å². The van der Waals surface area contributed by atoms with Gasteiger partial charge < -0.3 is 63.1 Å². The van der Waals surface area contributed by atoms with E-state index in [2.05, 4.69) is 67.9 Å². The van der Waals surface area contributed by atoms with Crippen LogP contribution in [0.1, 0.15) is 71.3 Å². The molecule has 73 heavy (non-hydrogen) atoms. The smallest absolute Gasteiger partial charge is 0.411 e. The number of hydrogen-bond donors (Lipinski definition) is 5. The highest BCUT2D eigenvalue weighted by molar-refractivity contribution is 8.37. The Kier molecular flexibility index (Phi) is 17.8. The Bertz CT molecular complexity index is 2870. The molecule has 0 radical (unpaired) electrons. The summed E-state index contributed by atoms with van der Waals surface area (Å²) in [5, 5.41) is 39.9. The van der Waals surface area contributed by atoms with E-state index in [1.807, 2.05) is 27.7 Å². The van der Waals surface area contributed by atoms with Crippen molar-refractivity contribution in [3.05, 3.63) is 83.9 Å². The fourth-order valence-corrected chi connectivity index (χ4v) is 10.1. The molecular weight excluding hydrogens is 1000 g/mol. The maximum atomic E-state index is 15.3. The van der Waals surface area contributed by atoms with Crippen molar-refractivity contribution in [3.8, 4) is 29.4 Å². The number of carbonyl (C=O) groups is 3. The molecule has 390 valence electrons. The largest absolute Gasteiger partial charge is 0.508 e. The lowest BCUT2D eigenvalue weighted by Crippen LogP contribution is -2.65. The van der Waals surface area contributed by atoms with Gasteiger partial charge in [0.05, 0.1) is 62.1 Å². The third-order valence-corrected chi connectivity index (χ3v) is 13.7. The molecular formula is C52H60N4O14S3. The number of pyridine rings is 1. The van der Waals surface area contributed by atoms with E-state index in [0.29, 0.717) is 28.2 Å². The third kappa shape index (κ3) is 11.0. The fraction of sp³-hybridized carbons (Fsp3) is 0.500. The molecule has 8 unspecified atom stereocenters. The first-order valence-corrected chi connectivity index (χ1v) is 26.5. The van der Waals surface area contributed by atoms with Crippen LogP contribution in [-0.4, -0.2) is 142 Å². The number of aliphatic hydroxyl groups is 2. The molecule has 2 bridgehead atoms. The number of rotatable bonds is 12. The molecule has 1 spiro atoms. The number of nitrogens with zero attached hydrogens (tertiary/aromatic N) is 2. The van der Waals surface area contributed by atoms with Crippen LogP contribution in [-0.2, 0) is 69.2 Å². The summed E-state index contributed by atoms with van der Waals surface area (Å²) < 4.78 is 49.8. The van der Waals surface area contributed by atoms with Gasteiger partial charge in [0.25, 0.3) is 0 Å². The number of Topliss-reactive ketones (excluding diaryl/α,β-unsaturated/α-hetero) is 1. The summed E-state index contributed by atoms with van der Waals surface area (Å²) in [6.07, 6.45) is -1.61. The van der Waals surface area contributed by atoms with E-state index in [0.717, 1.165) is 8.88 Å². The Labute approximate surface area is 436 Å². The summed E-state index contributed by atoms with van der Waals surface area (Å²) in [4.78, 5) is 51.2. The number of carbonyl (C=O) groups excluding carboxylic acids is 3. The lowest BCUT2D eigenvalue weighted by atomic mass is 9.70. The summed E-state index contributed by atoms with van der Waals surface area (Å²) in [6, 6.07) is 5.87. The first-order valence-electron chi connectivity index (χ1n) is 23.8. The molecule has 18 nitrogen and oxygen atoms in total. The minimum absolute atomic E-state index is 0.0123. The molecule has 10 atom stereocenters. The highest BCUT2D eigenvalue weighted by Crippen LogP contribution is 2.50. The normalized spacial score (nSPS) is 30.2. The van der Waals surface area contributed by atoms with E-state index in [1.54, 1.807) is 43.0 Å². The molecule has 3 aromatic rings. The second-order valence-corrected chi connectivity index (χ2v) is 20.3. The number of aromatic amines is 1. The van der Waals surface area contributed by atoms with Crippen molar-refractivity contribution in [2.75, 3.05) is 33.5 Å². The number of hydrogen-bond acceptors (Lipinski definition) is 17. The number of aromatic nitrogens is 2. The first kappa shape index (κ1) is 55.4. The Morgan fingerprint density at radius 2 is 1.85 bits per heavy atom. The molecule has 1 aromatic carbocycles. The van der Waals surface area contributed by atoms with Gasteiger partial charge in [0.2, 0.25) is 5.79 Å². The number of H-pyrrole nitrogens is 1. The zero-order valence-electron chi connectivity index (χ0n) is 41.5. The van der Waals surface area contributed by atoms with Crippen molar-refractivity contribution in [3.63, 3.8) is 0 Å². The van der Waals surface area contributed by atoms with Crippen molar-refractivity contribution < 1.29 is 67.6 Å². The van der Waals surface area contributed by atoms with Gasteiger partial charge in [-0.05, 0) is 76.5 Å². The van der Waals surface area contributed by atoms with E-state index in [-0.39, 0.29) is 79.5 Å². The standard InChI is InChI=1S/C52H60N4O14.S3/c1-9-15-35-40-38(16-13-11-12-14-20-51(35,62)28-52(66-23-24-67-52)44(40)55-48(60)63-8)69-47-43(70-39-25-30(5)37(27-65-39)56(29(3)4)49(61)64-22-10-2)46(59)50(7,31(6)68-47)45(58)42-41-33(19-21-53-42)34-26-32(57)17-18-36(34)54-41;1-3-2/h10-12,15,17-19,21,26,29-31,37-39,43,46-47,54,57,59,62H,2,9,22-25,27-28H2,1,3-8H3,(H,55,60);/b12-11-,35-15+;/t30?,31?,37?,38-,39?,43?,46?,47?,50?,51-;/m0./s1. The van der Waals surface area contributed by atoms with E-state index in [4.69, 9.17) is 37.9 Å². The van der Waals surface area contributed by atoms with Crippen LogP contribution in [0.3, 0.4) is 0 Å². The van der Waals surface area contributed by atoms with Gasteiger partial charge in [-0.15, -0.1) is 0 Å². The Balaban J connectivity index is 0.00000254. The van der Waals surface area contributed by atoms with Crippen molar-refractivity contribution in [1.82, 2.24) is 20.2 Å². The van der Waals surface area contributed by atoms with E-state index in [1.165, 1.54) is 37.6 Å². The summed E-state index contributed by atoms with van der Waals surface area (Å²) >= 11 is 8.25. The number of nitrogens with one attached hydrogen (secondary N) is 2. The maximum absolute atomic E-state index is 15.3. The molecule has 2 aromatic heterocycles. The van der Waals surface area contributed by atoms with Gasteiger partial charge in [-0.2, -0.15) is 0 Å². The van der Waals surface area contributed by atoms with Gasteiger partial charge in [0.1, 0.15) is 36.4 Å². The number of phenols is 1. The Morgan fingerprint density at radius 3 is 2.52 bits per heavy atom. The number of ketones is 1. The topological polar surface area (TPSA) is 230 Å². The predicted octanol–water partition coefficient (Wildman–Crippen LogP) is 5.66. The van der Waals surface area contributed by atoms with Crippen molar-refractivity contribution in [2.24, 2.45) is 11.3 Å². The SMILES string of the molecule is C=CCOC(=O)N(C(C)C)C1COC(OC2C(O[C@H]3C#C/C=C\C#C[C@]4(O)CC5(OCCO5)C(NC(=O)OC)=C3/C4=C\CC)OC(C)C(C)(C(=O)c3nccc4c3[nH]c3ccc(O)cc34)C2O)CC1C.S=S=S. The molecule has 2 amide bonds. The molecule has 5 heterocycles. The van der Waals surface area contributed by atoms with Crippen LogP contribution < -0.4 is 5.32 Å². The van der Waals surface area contributed by atoms with Gasteiger partial charge in [0, 0.05) is 77.4 Å². The van der Waals surface area contributed by atoms with Gasteiger partial charge in [-0.25, -0.2) is 9.59 Å². The van der Waals surface area contributed by atoms with E-state index in [9.17, 15) is 24.9 Å². The quantitative estimate of drug-likeness (QED) is 0.0837. The van der Waals surface area contributed by atoms with Gasteiger partial charge in [0.15, 0.2) is 24.0 Å². The molecule has 2 aliphatic carbocycles. The number of ether oxygens (including phenoxy) is 8. The minimum atomic E-state index is -1.93. The second kappa shape index (κ2) is 23.4. The van der Waals surface area contributed by atoms with Crippen LogP contribution in [0, 0.1) is 35.0 Å². The lowest BCUT2D eigenvalue weighted by molar-refractivity contribution is -0.338. The number of allylic oxidation sites excluding steroid dienone is 3. The number of aliphatic hydroxyl groups excluding tert-OH is 1. The minimum Gasteiger partial charge on any atom is -0.508 e. The van der Waals surface area contributed by atoms with Crippen molar-refractivity contribution in [1.29, 1.82) is 0 Å². The molecule has 21 heteroatoms. The van der Waals surface area contributed by atoms with Crippen molar-refractivity contribution >= 4 is 71.0 Å². The fourth-order valence-electron chi connectivity index (χ4n) is 10.1. The number of fused-ring (bicyclic) bond motifs is 5. The van der Waals surface area contributed by atoms with Gasteiger partial charge in [-0.3, -0.25) is 15.1 Å². The highest BCUT2D eigenvalue weighted by Gasteiger charge is 2.60. The predicted molar refractivity (Wildman–Crippen MR) is 276 cm³/mol. The molecule has 5 aliphatic rings. The average Bonchev–Trinajstić information content (AvgIpc) is 3.98. The van der Waals surface area contributed by atoms with Crippen LogP contribution in [0.2, 0.25) is 0 Å². The zero-order chi connectivity index (χ0) is 52.8. The molecule has 5 N–H and O–H groups in total. The molecule has 3 aliphatic heterocycles. The first-order chi connectivity index (χ1) is 34.9. The number of aromatic hydroxyl groups is 1. The van der Waals surface area contributed by atoms with Crippen LogP contribution >= 0.6 is 0 Å². The van der Waals surface area contributed by atoms with E-state index >= 15 is 4.79 Å². The molecule has 3 saturated heterocycles.